The Morgan fingerprint density at radius 3 is 2.80 bits per heavy atom. The molecule has 1 heterocycles. The van der Waals surface area contributed by atoms with Gasteiger partial charge in [-0.05, 0) is 38.3 Å². The molecule has 0 aromatic carbocycles. The van der Waals surface area contributed by atoms with Crippen molar-refractivity contribution in [3.05, 3.63) is 17.8 Å². The maximum absolute atomic E-state index is 5.79. The maximum atomic E-state index is 5.79. The highest BCUT2D eigenvalue weighted by atomic mass is 35.5. The smallest absolute Gasteiger partial charge is 0.149 e. The lowest BCUT2D eigenvalue weighted by Gasteiger charge is -2.29. The minimum Gasteiger partial charge on any atom is -0.363 e. The molecule has 0 bridgehead atoms. The van der Waals surface area contributed by atoms with Gasteiger partial charge in [0.15, 0.2) is 0 Å². The van der Waals surface area contributed by atoms with Crippen LogP contribution in [0.25, 0.3) is 0 Å². The average molecular weight is 228 g/mol. The van der Waals surface area contributed by atoms with Crippen molar-refractivity contribution in [2.45, 2.75) is 39.2 Å². The SMILES string of the molecule is CCC(C)(CCCl)Nc1cc(C)cnn1. The van der Waals surface area contributed by atoms with Crippen LogP contribution in [-0.2, 0) is 0 Å². The van der Waals surface area contributed by atoms with Gasteiger partial charge in [0.25, 0.3) is 0 Å². The van der Waals surface area contributed by atoms with Crippen LogP contribution >= 0.6 is 11.6 Å². The number of aryl methyl sites for hydroxylation is 1. The molecule has 84 valence electrons. The summed E-state index contributed by atoms with van der Waals surface area (Å²) in [5.74, 6) is 1.47. The highest BCUT2D eigenvalue weighted by Crippen LogP contribution is 2.21. The quantitative estimate of drug-likeness (QED) is 0.786. The van der Waals surface area contributed by atoms with E-state index in [1.54, 1.807) is 6.20 Å². The third-order valence-corrected chi connectivity index (χ3v) is 2.84. The molecule has 1 N–H and O–H groups in total. The summed E-state index contributed by atoms with van der Waals surface area (Å²) >= 11 is 5.79. The van der Waals surface area contributed by atoms with Crippen molar-refractivity contribution in [3.63, 3.8) is 0 Å². The van der Waals surface area contributed by atoms with E-state index in [9.17, 15) is 0 Å². The van der Waals surface area contributed by atoms with Crippen LogP contribution < -0.4 is 5.32 Å². The molecule has 0 aliphatic rings. The Hall–Kier alpha value is -0.830. The number of halogens is 1. The van der Waals surface area contributed by atoms with Crippen molar-refractivity contribution in [2.24, 2.45) is 0 Å². The first kappa shape index (κ1) is 12.2. The number of aromatic nitrogens is 2. The molecular formula is C11H18ClN3. The molecular weight excluding hydrogens is 210 g/mol. The van der Waals surface area contributed by atoms with Gasteiger partial charge in [0, 0.05) is 11.4 Å². The zero-order valence-electron chi connectivity index (χ0n) is 9.55. The normalized spacial score (nSPS) is 14.7. The van der Waals surface area contributed by atoms with E-state index in [-0.39, 0.29) is 5.54 Å². The zero-order valence-corrected chi connectivity index (χ0v) is 10.3. The summed E-state index contributed by atoms with van der Waals surface area (Å²) in [4.78, 5) is 0. The van der Waals surface area contributed by atoms with E-state index in [1.807, 2.05) is 13.0 Å². The monoisotopic (exact) mass is 227 g/mol. The molecule has 1 rings (SSSR count). The summed E-state index contributed by atoms with van der Waals surface area (Å²) < 4.78 is 0. The van der Waals surface area contributed by atoms with Crippen molar-refractivity contribution in [3.8, 4) is 0 Å². The fourth-order valence-corrected chi connectivity index (χ4v) is 1.79. The first-order chi connectivity index (χ1) is 7.09. The molecule has 1 aromatic heterocycles. The minimum absolute atomic E-state index is 0.00419. The maximum Gasteiger partial charge on any atom is 0.149 e. The van der Waals surface area contributed by atoms with Crippen molar-refractivity contribution >= 4 is 17.4 Å². The Labute approximate surface area is 96.2 Å². The Morgan fingerprint density at radius 2 is 2.27 bits per heavy atom. The van der Waals surface area contributed by atoms with E-state index < -0.39 is 0 Å². The Balaban J connectivity index is 2.74. The molecule has 0 aliphatic carbocycles. The fraction of sp³-hybridized carbons (Fsp3) is 0.636. The predicted octanol–water partition coefficient (Wildman–Crippen LogP) is 2.99. The third-order valence-electron chi connectivity index (χ3n) is 2.65. The zero-order chi connectivity index (χ0) is 11.3. The van der Waals surface area contributed by atoms with Crippen LogP contribution in [0.3, 0.4) is 0 Å². The van der Waals surface area contributed by atoms with Crippen LogP contribution in [0.2, 0.25) is 0 Å². The third kappa shape index (κ3) is 3.67. The van der Waals surface area contributed by atoms with E-state index >= 15 is 0 Å². The highest BCUT2D eigenvalue weighted by Gasteiger charge is 2.21. The van der Waals surface area contributed by atoms with E-state index in [4.69, 9.17) is 11.6 Å². The van der Waals surface area contributed by atoms with Gasteiger partial charge in [0.2, 0.25) is 0 Å². The second-order valence-electron chi connectivity index (χ2n) is 4.10. The molecule has 0 saturated heterocycles. The van der Waals surface area contributed by atoms with E-state index in [2.05, 4.69) is 29.4 Å². The number of rotatable bonds is 5. The first-order valence-corrected chi connectivity index (χ1v) is 5.76. The lowest BCUT2D eigenvalue weighted by atomic mass is 9.95. The second kappa shape index (κ2) is 5.31. The summed E-state index contributed by atoms with van der Waals surface area (Å²) in [6.07, 6.45) is 3.67. The van der Waals surface area contributed by atoms with Gasteiger partial charge in [-0.3, -0.25) is 0 Å². The highest BCUT2D eigenvalue weighted by molar-refractivity contribution is 6.17. The molecule has 15 heavy (non-hydrogen) atoms. The number of nitrogens with zero attached hydrogens (tertiary/aromatic N) is 2. The van der Waals surface area contributed by atoms with Crippen LogP contribution in [0.15, 0.2) is 12.3 Å². The number of alkyl halides is 1. The van der Waals surface area contributed by atoms with E-state index in [0.717, 1.165) is 24.2 Å². The van der Waals surface area contributed by atoms with Crippen molar-refractivity contribution in [1.29, 1.82) is 0 Å². The Bertz CT molecular complexity index is 316. The molecule has 1 aromatic rings. The van der Waals surface area contributed by atoms with Crippen LogP contribution in [0.4, 0.5) is 5.82 Å². The van der Waals surface area contributed by atoms with Crippen molar-refractivity contribution in [1.82, 2.24) is 10.2 Å². The molecule has 0 aliphatic heterocycles. The summed E-state index contributed by atoms with van der Waals surface area (Å²) in [7, 11) is 0. The van der Waals surface area contributed by atoms with Crippen LogP contribution in [0, 0.1) is 6.92 Å². The van der Waals surface area contributed by atoms with E-state index in [1.165, 1.54) is 0 Å². The summed E-state index contributed by atoms with van der Waals surface area (Å²) in [6, 6.07) is 2.00. The second-order valence-corrected chi connectivity index (χ2v) is 4.47. The van der Waals surface area contributed by atoms with Gasteiger partial charge in [-0.2, -0.15) is 5.10 Å². The molecule has 0 radical (unpaired) electrons. The summed E-state index contributed by atoms with van der Waals surface area (Å²) in [6.45, 7) is 6.30. The van der Waals surface area contributed by atoms with Gasteiger partial charge in [-0.25, -0.2) is 0 Å². The van der Waals surface area contributed by atoms with Gasteiger partial charge in [0.05, 0.1) is 6.20 Å². The minimum atomic E-state index is 0.00419. The van der Waals surface area contributed by atoms with E-state index in [0.29, 0.717) is 5.88 Å². The van der Waals surface area contributed by atoms with Crippen LogP contribution in [-0.4, -0.2) is 21.6 Å². The number of hydrogen-bond acceptors (Lipinski definition) is 3. The molecule has 3 nitrogen and oxygen atoms in total. The van der Waals surface area contributed by atoms with Crippen molar-refractivity contribution in [2.75, 3.05) is 11.2 Å². The van der Waals surface area contributed by atoms with Crippen LogP contribution in [0.1, 0.15) is 32.3 Å². The molecule has 1 unspecified atom stereocenters. The van der Waals surface area contributed by atoms with Gasteiger partial charge in [-0.15, -0.1) is 16.7 Å². The summed E-state index contributed by atoms with van der Waals surface area (Å²) in [5, 5.41) is 11.4. The Morgan fingerprint density at radius 1 is 1.53 bits per heavy atom. The number of anilines is 1. The lowest BCUT2D eigenvalue weighted by Crippen LogP contribution is -2.34. The largest absolute Gasteiger partial charge is 0.363 e. The van der Waals surface area contributed by atoms with Crippen molar-refractivity contribution < 1.29 is 0 Å². The Kier molecular flexibility index (Phi) is 4.33. The molecule has 0 amide bonds. The lowest BCUT2D eigenvalue weighted by molar-refractivity contribution is 0.478. The van der Waals surface area contributed by atoms with Gasteiger partial charge >= 0.3 is 0 Å². The summed E-state index contributed by atoms with van der Waals surface area (Å²) in [5.41, 5.74) is 1.11. The molecule has 1 atom stereocenters. The molecule has 4 heteroatoms. The standard InChI is InChI=1S/C11H18ClN3/c1-4-11(3,5-6-12)14-10-7-9(2)8-13-15-10/h7-8H,4-6H2,1-3H3,(H,14,15). The first-order valence-electron chi connectivity index (χ1n) is 5.23. The topological polar surface area (TPSA) is 37.8 Å². The number of nitrogens with one attached hydrogen (secondary N) is 1. The predicted molar refractivity (Wildman–Crippen MR) is 64.4 cm³/mol. The molecule has 0 fully saturated rings. The van der Waals surface area contributed by atoms with Crippen LogP contribution in [0.5, 0.6) is 0 Å². The fourth-order valence-electron chi connectivity index (χ4n) is 1.37. The molecule has 0 saturated carbocycles. The van der Waals surface area contributed by atoms with Gasteiger partial charge in [-0.1, -0.05) is 6.92 Å². The average Bonchev–Trinajstić information content (AvgIpc) is 2.18. The molecule has 0 spiro atoms. The number of hydrogen-bond donors (Lipinski definition) is 1. The van der Waals surface area contributed by atoms with Gasteiger partial charge < -0.3 is 5.32 Å². The van der Waals surface area contributed by atoms with Gasteiger partial charge in [0.1, 0.15) is 5.82 Å².